The van der Waals surface area contributed by atoms with Gasteiger partial charge in [0.2, 0.25) is 0 Å². The highest BCUT2D eigenvalue weighted by Crippen LogP contribution is 2.25. The third-order valence-electron chi connectivity index (χ3n) is 1.49. The highest BCUT2D eigenvalue weighted by molar-refractivity contribution is 6.31. The number of benzene rings is 1. The molecule has 0 aliphatic carbocycles. The SMILES string of the molecule is Cc1cc(Cl)cc(O)c1C(=O)O. The summed E-state index contributed by atoms with van der Waals surface area (Å²) in [6.07, 6.45) is 0. The Kier molecular flexibility index (Phi) is 2.24. The summed E-state index contributed by atoms with van der Waals surface area (Å²) in [6.45, 7) is 1.58. The summed E-state index contributed by atoms with van der Waals surface area (Å²) in [4.78, 5) is 10.6. The van der Waals surface area contributed by atoms with Crippen molar-refractivity contribution < 1.29 is 15.0 Å². The maximum atomic E-state index is 10.6. The van der Waals surface area contributed by atoms with E-state index in [4.69, 9.17) is 16.7 Å². The van der Waals surface area contributed by atoms with Crippen LogP contribution in [-0.4, -0.2) is 16.2 Å². The lowest BCUT2D eigenvalue weighted by molar-refractivity contribution is 0.0693. The van der Waals surface area contributed by atoms with Crippen LogP contribution in [0.1, 0.15) is 15.9 Å². The summed E-state index contributed by atoms with van der Waals surface area (Å²) in [5.74, 6) is -1.45. The summed E-state index contributed by atoms with van der Waals surface area (Å²) < 4.78 is 0. The highest BCUT2D eigenvalue weighted by atomic mass is 35.5. The van der Waals surface area contributed by atoms with Crippen molar-refractivity contribution in [2.75, 3.05) is 0 Å². The number of aromatic hydroxyl groups is 1. The average Bonchev–Trinajstić information content (AvgIpc) is 1.82. The van der Waals surface area contributed by atoms with E-state index in [1.165, 1.54) is 12.1 Å². The van der Waals surface area contributed by atoms with Crippen molar-refractivity contribution in [2.45, 2.75) is 6.92 Å². The van der Waals surface area contributed by atoms with Crippen LogP contribution >= 0.6 is 11.6 Å². The number of hydrogen-bond acceptors (Lipinski definition) is 2. The van der Waals surface area contributed by atoms with Crippen LogP contribution in [0.25, 0.3) is 0 Å². The lowest BCUT2D eigenvalue weighted by Gasteiger charge is -2.03. The number of halogens is 1. The molecule has 0 aliphatic rings. The van der Waals surface area contributed by atoms with Gasteiger partial charge in [-0.05, 0) is 24.6 Å². The molecule has 0 spiro atoms. The Labute approximate surface area is 74.2 Å². The second-order valence-electron chi connectivity index (χ2n) is 2.42. The molecule has 4 heteroatoms. The van der Waals surface area contributed by atoms with Crippen LogP contribution in [0.5, 0.6) is 5.75 Å². The molecule has 0 radical (unpaired) electrons. The number of rotatable bonds is 1. The Balaban J connectivity index is 3.38. The van der Waals surface area contributed by atoms with E-state index in [0.29, 0.717) is 10.6 Å². The zero-order valence-electron chi connectivity index (χ0n) is 6.34. The van der Waals surface area contributed by atoms with Crippen molar-refractivity contribution >= 4 is 17.6 Å². The zero-order valence-corrected chi connectivity index (χ0v) is 7.09. The third-order valence-corrected chi connectivity index (χ3v) is 1.71. The monoisotopic (exact) mass is 186 g/mol. The molecule has 1 rings (SSSR count). The number of hydrogen-bond donors (Lipinski definition) is 2. The second kappa shape index (κ2) is 3.03. The first-order valence-corrected chi connectivity index (χ1v) is 3.62. The maximum Gasteiger partial charge on any atom is 0.339 e. The zero-order chi connectivity index (χ0) is 9.30. The fraction of sp³-hybridized carbons (Fsp3) is 0.125. The predicted molar refractivity (Wildman–Crippen MR) is 44.8 cm³/mol. The summed E-state index contributed by atoms with van der Waals surface area (Å²) >= 11 is 5.57. The number of carbonyl (C=O) groups is 1. The predicted octanol–water partition coefficient (Wildman–Crippen LogP) is 2.05. The van der Waals surface area contributed by atoms with Crippen molar-refractivity contribution in [2.24, 2.45) is 0 Å². The molecule has 0 saturated heterocycles. The van der Waals surface area contributed by atoms with Gasteiger partial charge in [-0.25, -0.2) is 4.79 Å². The Morgan fingerprint density at radius 1 is 1.50 bits per heavy atom. The van der Waals surface area contributed by atoms with Crippen LogP contribution in [0.3, 0.4) is 0 Å². The lowest BCUT2D eigenvalue weighted by Crippen LogP contribution is -1.99. The van der Waals surface area contributed by atoms with Crippen LogP contribution in [0, 0.1) is 6.92 Å². The molecule has 0 unspecified atom stereocenters. The highest BCUT2D eigenvalue weighted by Gasteiger charge is 2.13. The summed E-state index contributed by atoms with van der Waals surface area (Å²) in [5.41, 5.74) is 0.354. The Morgan fingerprint density at radius 2 is 2.08 bits per heavy atom. The molecule has 0 aromatic heterocycles. The molecular weight excluding hydrogens is 180 g/mol. The smallest absolute Gasteiger partial charge is 0.339 e. The number of carboxylic acid groups (broad SMARTS) is 1. The van der Waals surface area contributed by atoms with E-state index < -0.39 is 5.97 Å². The molecular formula is C8H7ClO3. The quantitative estimate of drug-likeness (QED) is 0.706. The van der Waals surface area contributed by atoms with Gasteiger partial charge >= 0.3 is 5.97 Å². The van der Waals surface area contributed by atoms with E-state index in [2.05, 4.69) is 0 Å². The van der Waals surface area contributed by atoms with E-state index >= 15 is 0 Å². The second-order valence-corrected chi connectivity index (χ2v) is 2.86. The fourth-order valence-electron chi connectivity index (χ4n) is 1.00. The minimum Gasteiger partial charge on any atom is -0.507 e. The van der Waals surface area contributed by atoms with E-state index in [0.717, 1.165) is 0 Å². The molecule has 3 nitrogen and oxygen atoms in total. The number of carboxylic acids is 1. The average molecular weight is 187 g/mol. The van der Waals surface area contributed by atoms with Crippen molar-refractivity contribution in [3.8, 4) is 5.75 Å². The Bertz CT molecular complexity index is 310. The minimum atomic E-state index is -1.15. The van der Waals surface area contributed by atoms with Gasteiger partial charge in [0.15, 0.2) is 0 Å². The molecule has 0 heterocycles. The first-order chi connectivity index (χ1) is 5.52. The molecule has 0 aliphatic heterocycles. The fourth-order valence-corrected chi connectivity index (χ4v) is 1.27. The summed E-state index contributed by atoms with van der Waals surface area (Å²) in [7, 11) is 0. The van der Waals surface area contributed by atoms with Gasteiger partial charge in [-0.15, -0.1) is 0 Å². The molecule has 1 aromatic carbocycles. The van der Waals surface area contributed by atoms with E-state index in [1.54, 1.807) is 6.92 Å². The van der Waals surface area contributed by atoms with Crippen molar-refractivity contribution in [1.29, 1.82) is 0 Å². The topological polar surface area (TPSA) is 57.5 Å². The molecule has 0 atom stereocenters. The molecule has 64 valence electrons. The third kappa shape index (κ3) is 1.51. The molecule has 2 N–H and O–H groups in total. The number of aryl methyl sites for hydroxylation is 1. The first-order valence-electron chi connectivity index (χ1n) is 3.25. The maximum absolute atomic E-state index is 10.6. The van der Waals surface area contributed by atoms with Crippen LogP contribution in [-0.2, 0) is 0 Å². The van der Waals surface area contributed by atoms with E-state index in [1.807, 2.05) is 0 Å². The lowest BCUT2D eigenvalue weighted by atomic mass is 10.1. The van der Waals surface area contributed by atoms with Crippen LogP contribution in [0.2, 0.25) is 5.02 Å². The van der Waals surface area contributed by atoms with Crippen LogP contribution in [0.15, 0.2) is 12.1 Å². The van der Waals surface area contributed by atoms with Gasteiger partial charge in [0.25, 0.3) is 0 Å². The van der Waals surface area contributed by atoms with Crippen molar-refractivity contribution in [1.82, 2.24) is 0 Å². The molecule has 1 aromatic rings. The number of aromatic carboxylic acids is 1. The van der Waals surface area contributed by atoms with Gasteiger partial charge in [-0.1, -0.05) is 11.6 Å². The van der Waals surface area contributed by atoms with Crippen LogP contribution < -0.4 is 0 Å². The van der Waals surface area contributed by atoms with Gasteiger partial charge in [-0.3, -0.25) is 0 Å². The number of phenols is 1. The van der Waals surface area contributed by atoms with Crippen LogP contribution in [0.4, 0.5) is 0 Å². The summed E-state index contributed by atoms with van der Waals surface area (Å²) in [5, 5.41) is 18.1. The van der Waals surface area contributed by atoms with Gasteiger partial charge in [0.1, 0.15) is 11.3 Å². The molecule has 0 saturated carbocycles. The van der Waals surface area contributed by atoms with Gasteiger partial charge in [0, 0.05) is 5.02 Å². The minimum absolute atomic E-state index is 0.0978. The molecule has 12 heavy (non-hydrogen) atoms. The van der Waals surface area contributed by atoms with E-state index in [-0.39, 0.29) is 11.3 Å². The van der Waals surface area contributed by atoms with E-state index in [9.17, 15) is 9.90 Å². The van der Waals surface area contributed by atoms with Gasteiger partial charge < -0.3 is 10.2 Å². The molecule has 0 bridgehead atoms. The standard InChI is InChI=1S/C8H7ClO3/c1-4-2-5(9)3-6(10)7(4)8(11)12/h2-3,10H,1H3,(H,11,12). The first kappa shape index (κ1) is 8.87. The molecule has 0 fully saturated rings. The Morgan fingerprint density at radius 3 is 2.50 bits per heavy atom. The van der Waals surface area contributed by atoms with Gasteiger partial charge in [-0.2, -0.15) is 0 Å². The molecule has 0 amide bonds. The summed E-state index contributed by atoms with van der Waals surface area (Å²) in [6, 6.07) is 2.70. The Hall–Kier alpha value is -1.22. The van der Waals surface area contributed by atoms with Crippen molar-refractivity contribution in [3.05, 3.63) is 28.3 Å². The largest absolute Gasteiger partial charge is 0.507 e. The normalized spacial score (nSPS) is 9.83. The van der Waals surface area contributed by atoms with Gasteiger partial charge in [0.05, 0.1) is 0 Å². The van der Waals surface area contributed by atoms with Crippen molar-refractivity contribution in [3.63, 3.8) is 0 Å².